The summed E-state index contributed by atoms with van der Waals surface area (Å²) in [6, 6.07) is 17.4. The number of likely N-dealkylation sites (tertiary alicyclic amines) is 1. The number of piperidine rings is 1. The molecule has 1 unspecified atom stereocenters. The number of alkyl halides is 1. The quantitative estimate of drug-likeness (QED) is 0.290. The largest absolute Gasteiger partial charge is 0.489 e. The highest BCUT2D eigenvalue weighted by Crippen LogP contribution is 2.44. The topological polar surface area (TPSA) is 56.3 Å². The number of fused-ring (bicyclic) bond motifs is 1. The van der Waals surface area contributed by atoms with E-state index in [1.54, 1.807) is 0 Å². The highest BCUT2D eigenvalue weighted by Gasteiger charge is 2.45. The Morgan fingerprint density at radius 1 is 1.02 bits per heavy atom. The number of carboxylic acids is 1. The molecule has 45 heavy (non-hydrogen) atoms. The number of hydrogen-bond donors (Lipinski definition) is 1. The van der Waals surface area contributed by atoms with Crippen molar-refractivity contribution in [2.45, 2.75) is 64.4 Å². The predicted molar refractivity (Wildman–Crippen MR) is 168 cm³/mol. The van der Waals surface area contributed by atoms with Crippen LogP contribution in [0.5, 0.6) is 5.75 Å². The molecular formula is C36H42F3N3O3. The summed E-state index contributed by atoms with van der Waals surface area (Å²) < 4.78 is 53.6. The Bertz CT molecular complexity index is 1500. The number of halogens is 3. The third-order valence-electron chi connectivity index (χ3n) is 9.63. The highest BCUT2D eigenvalue weighted by atomic mass is 19.1. The predicted octanol–water partition coefficient (Wildman–Crippen LogP) is 6.61. The number of carboxylic acid groups (broad SMARTS) is 1. The average Bonchev–Trinajstić information content (AvgIpc) is 2.96. The fourth-order valence-electron chi connectivity index (χ4n) is 7.50. The summed E-state index contributed by atoms with van der Waals surface area (Å²) in [7, 11) is 0. The van der Waals surface area contributed by atoms with Gasteiger partial charge in [0.05, 0.1) is 12.6 Å². The van der Waals surface area contributed by atoms with Crippen molar-refractivity contribution in [2.75, 3.05) is 44.2 Å². The van der Waals surface area contributed by atoms with Crippen molar-refractivity contribution in [3.8, 4) is 5.75 Å². The van der Waals surface area contributed by atoms with Crippen LogP contribution in [-0.2, 0) is 17.8 Å². The molecule has 3 aliphatic heterocycles. The molecule has 3 aliphatic rings. The van der Waals surface area contributed by atoms with Crippen LogP contribution < -0.4 is 9.64 Å². The normalized spacial score (nSPS) is 21.8. The molecule has 3 aromatic carbocycles. The lowest BCUT2D eigenvalue weighted by atomic mass is 9.72. The summed E-state index contributed by atoms with van der Waals surface area (Å²) in [5.41, 5.74) is 1.68. The lowest BCUT2D eigenvalue weighted by Gasteiger charge is -2.54. The number of anilines is 1. The Morgan fingerprint density at radius 3 is 2.31 bits per heavy atom. The molecule has 6 rings (SSSR count). The van der Waals surface area contributed by atoms with Gasteiger partial charge >= 0.3 is 5.97 Å². The Labute approximate surface area is 263 Å². The first-order valence-corrected chi connectivity index (χ1v) is 15.8. The number of hydrogen-bond acceptors (Lipinski definition) is 5. The minimum absolute atomic E-state index is 0.0261. The highest BCUT2D eigenvalue weighted by molar-refractivity contribution is 5.69. The second kappa shape index (κ2) is 12.3. The second-order valence-electron chi connectivity index (χ2n) is 13.8. The maximum Gasteiger partial charge on any atom is 0.317 e. The van der Waals surface area contributed by atoms with Gasteiger partial charge in [0.2, 0.25) is 0 Å². The molecule has 0 bridgehead atoms. The van der Waals surface area contributed by atoms with Gasteiger partial charge in [-0.05, 0) is 86.4 Å². The first kappa shape index (κ1) is 31.4. The fraction of sp³-hybridized carbons (Fsp3) is 0.472. The van der Waals surface area contributed by atoms with Gasteiger partial charge in [-0.2, -0.15) is 0 Å². The maximum absolute atomic E-state index is 16.2. The molecule has 3 heterocycles. The summed E-state index contributed by atoms with van der Waals surface area (Å²) in [6.07, 6.45) is 2.29. The molecule has 0 radical (unpaired) electrons. The number of benzene rings is 3. The Morgan fingerprint density at radius 2 is 1.69 bits per heavy atom. The SMILES string of the molecule is C[C@@H]1Cc2cc(OCc3ccccc3)ccc2C(c2c(F)cc(N3CCC4(CC3)CN(CC(=O)O)C4)cc2F)N1CC(C)(C)F. The molecule has 9 heteroatoms. The van der Waals surface area contributed by atoms with Gasteiger partial charge in [-0.3, -0.25) is 14.6 Å². The Balaban J connectivity index is 1.25. The molecular weight excluding hydrogens is 579 g/mol. The Hall–Kier alpha value is -3.56. The van der Waals surface area contributed by atoms with Gasteiger partial charge in [0.15, 0.2) is 0 Å². The van der Waals surface area contributed by atoms with Crippen LogP contribution in [0.25, 0.3) is 0 Å². The van der Waals surface area contributed by atoms with Crippen molar-refractivity contribution < 1.29 is 27.8 Å². The van der Waals surface area contributed by atoms with Crippen LogP contribution in [0.15, 0.2) is 60.7 Å². The minimum Gasteiger partial charge on any atom is -0.489 e. The van der Waals surface area contributed by atoms with Crippen LogP contribution in [0.4, 0.5) is 18.9 Å². The van der Waals surface area contributed by atoms with Crippen LogP contribution >= 0.6 is 0 Å². The standard InChI is InChI=1S/C36H42F3N3O3/c1-24-15-26-16-28(45-20-25-7-5-4-6-8-25)9-10-29(26)34(42(24)21-35(2,3)39)33-30(37)17-27(18-31(33)38)41-13-11-36(12-14-41)22-40(23-36)19-32(43)44/h4-10,16-18,24,34H,11-15,19-23H2,1-3H3,(H,43,44)/t24-,34?/m1/s1. The molecule has 3 aromatic rings. The zero-order chi connectivity index (χ0) is 31.9. The monoisotopic (exact) mass is 621 g/mol. The van der Waals surface area contributed by atoms with Gasteiger partial charge in [0.25, 0.3) is 0 Å². The van der Waals surface area contributed by atoms with E-state index in [2.05, 4.69) is 0 Å². The lowest BCUT2D eigenvalue weighted by Crippen LogP contribution is -2.61. The van der Waals surface area contributed by atoms with Gasteiger partial charge in [-0.15, -0.1) is 0 Å². The summed E-state index contributed by atoms with van der Waals surface area (Å²) in [5, 5.41) is 9.06. The van der Waals surface area contributed by atoms with Crippen LogP contribution in [-0.4, -0.2) is 71.9 Å². The van der Waals surface area contributed by atoms with E-state index in [0.717, 1.165) is 42.6 Å². The maximum atomic E-state index is 16.2. The van der Waals surface area contributed by atoms with E-state index in [-0.39, 0.29) is 30.1 Å². The van der Waals surface area contributed by atoms with E-state index in [0.29, 0.717) is 37.6 Å². The van der Waals surface area contributed by atoms with E-state index < -0.39 is 29.3 Å². The van der Waals surface area contributed by atoms with Crippen LogP contribution in [0, 0.1) is 17.0 Å². The number of ether oxygens (including phenoxy) is 1. The summed E-state index contributed by atoms with van der Waals surface area (Å²) in [5.74, 6) is -1.43. The smallest absolute Gasteiger partial charge is 0.317 e. The number of rotatable bonds is 9. The number of carbonyl (C=O) groups is 1. The van der Waals surface area contributed by atoms with E-state index >= 15 is 13.2 Å². The fourth-order valence-corrected chi connectivity index (χ4v) is 7.50. The molecule has 1 spiro atoms. The van der Waals surface area contributed by atoms with Crippen molar-refractivity contribution in [3.05, 3.63) is 94.6 Å². The molecule has 240 valence electrons. The summed E-state index contributed by atoms with van der Waals surface area (Å²) >= 11 is 0. The van der Waals surface area contributed by atoms with Gasteiger partial charge < -0.3 is 14.7 Å². The molecule has 1 N–H and O–H groups in total. The third kappa shape index (κ3) is 6.84. The second-order valence-corrected chi connectivity index (χ2v) is 13.8. The molecule has 0 saturated carbocycles. The average molecular weight is 622 g/mol. The first-order chi connectivity index (χ1) is 21.4. The van der Waals surface area contributed by atoms with Crippen molar-refractivity contribution in [2.24, 2.45) is 5.41 Å². The first-order valence-electron chi connectivity index (χ1n) is 15.8. The van der Waals surface area contributed by atoms with E-state index in [9.17, 15) is 4.79 Å². The van der Waals surface area contributed by atoms with Crippen LogP contribution in [0.1, 0.15) is 61.9 Å². The van der Waals surface area contributed by atoms with Gasteiger partial charge in [0.1, 0.15) is 29.7 Å². The minimum atomic E-state index is -1.57. The molecule has 0 aliphatic carbocycles. The third-order valence-corrected chi connectivity index (χ3v) is 9.63. The van der Waals surface area contributed by atoms with E-state index in [4.69, 9.17) is 9.84 Å². The summed E-state index contributed by atoms with van der Waals surface area (Å²) in [4.78, 5) is 16.9. The molecule has 0 aromatic heterocycles. The molecule has 6 nitrogen and oxygen atoms in total. The number of aliphatic carboxylic acids is 1. The number of nitrogens with zero attached hydrogens (tertiary/aromatic N) is 3. The van der Waals surface area contributed by atoms with E-state index in [1.165, 1.54) is 26.0 Å². The zero-order valence-corrected chi connectivity index (χ0v) is 26.2. The van der Waals surface area contributed by atoms with E-state index in [1.807, 2.05) is 70.2 Å². The van der Waals surface area contributed by atoms with Crippen LogP contribution in [0.2, 0.25) is 0 Å². The molecule has 2 saturated heterocycles. The lowest BCUT2D eigenvalue weighted by molar-refractivity contribution is -0.142. The molecule has 2 atom stereocenters. The summed E-state index contributed by atoms with van der Waals surface area (Å²) in [6.45, 7) is 8.23. The van der Waals surface area contributed by atoms with Gasteiger partial charge in [0, 0.05) is 50.0 Å². The molecule has 2 fully saturated rings. The van der Waals surface area contributed by atoms with Gasteiger partial charge in [-0.1, -0.05) is 36.4 Å². The van der Waals surface area contributed by atoms with Crippen LogP contribution in [0.3, 0.4) is 0 Å². The van der Waals surface area contributed by atoms with Crippen molar-refractivity contribution in [3.63, 3.8) is 0 Å². The zero-order valence-electron chi connectivity index (χ0n) is 26.2. The van der Waals surface area contributed by atoms with Crippen molar-refractivity contribution >= 4 is 11.7 Å². The van der Waals surface area contributed by atoms with Crippen molar-refractivity contribution in [1.29, 1.82) is 0 Å². The molecule has 0 amide bonds. The Kier molecular flexibility index (Phi) is 8.61. The van der Waals surface area contributed by atoms with Crippen molar-refractivity contribution in [1.82, 2.24) is 9.80 Å². The van der Waals surface area contributed by atoms with Gasteiger partial charge in [-0.25, -0.2) is 13.2 Å².